The third-order valence-electron chi connectivity index (χ3n) is 5.04. The highest BCUT2D eigenvalue weighted by molar-refractivity contribution is 7.22. The first-order valence-corrected chi connectivity index (χ1v) is 9.58. The summed E-state index contributed by atoms with van der Waals surface area (Å²) in [5.74, 6) is 0.544. The smallest absolute Gasteiger partial charge is 0.231 e. The van der Waals surface area contributed by atoms with Gasteiger partial charge >= 0.3 is 0 Å². The van der Waals surface area contributed by atoms with Crippen molar-refractivity contribution in [3.05, 3.63) is 29.2 Å². The first-order chi connectivity index (χ1) is 13.0. The fourth-order valence-corrected chi connectivity index (χ4v) is 4.56. The number of carbonyl (C=O) groups is 1. The number of hydrogen-bond acceptors (Lipinski definition) is 7. The summed E-state index contributed by atoms with van der Waals surface area (Å²) < 4.78 is 6.34. The fraction of sp³-hybridized carbons (Fsp3) is 0.368. The van der Waals surface area contributed by atoms with Gasteiger partial charge in [-0.2, -0.15) is 5.26 Å². The number of anilines is 1. The number of aromatic nitrogens is 2. The highest BCUT2D eigenvalue weighted by Crippen LogP contribution is 2.37. The van der Waals surface area contributed by atoms with Crippen LogP contribution in [0.5, 0.6) is 0 Å². The monoisotopic (exact) mass is 381 g/mol. The molecule has 3 heterocycles. The molecule has 1 fully saturated rings. The average molecular weight is 381 g/mol. The molecular formula is C19H19N5O2S. The maximum atomic E-state index is 12.5. The molecule has 1 amide bonds. The predicted molar refractivity (Wildman–Crippen MR) is 103 cm³/mol. The van der Waals surface area contributed by atoms with E-state index in [1.165, 1.54) is 11.3 Å². The van der Waals surface area contributed by atoms with E-state index in [0.717, 1.165) is 38.4 Å². The van der Waals surface area contributed by atoms with Crippen molar-refractivity contribution < 1.29 is 9.32 Å². The third-order valence-corrected chi connectivity index (χ3v) is 6.15. The van der Waals surface area contributed by atoms with Crippen LogP contribution in [0.25, 0.3) is 21.3 Å². The molecule has 0 aliphatic carbocycles. The number of thiazole rings is 1. The van der Waals surface area contributed by atoms with Crippen molar-refractivity contribution in [3.8, 4) is 17.3 Å². The number of carbonyl (C=O) groups excluding carboxylic acids is 1. The summed E-state index contributed by atoms with van der Waals surface area (Å²) in [5, 5.41) is 16.5. The van der Waals surface area contributed by atoms with Crippen LogP contribution in [-0.4, -0.2) is 34.0 Å². The standard InChI is InChI=1S/C19H19N5O2S/c1-10-14(16-11(2)23-26-12(16)3)4-5-15-17(10)27-19(21-15)22-18(25)13-6-7-24(8-13)9-20/h4-5,13H,6-8H2,1-3H3,(H,21,22,25)/t13-/m0/s1. The number of likely N-dealkylation sites (tertiary alicyclic amines) is 1. The van der Waals surface area contributed by atoms with E-state index in [-0.39, 0.29) is 11.8 Å². The molecule has 1 N–H and O–H groups in total. The molecule has 0 radical (unpaired) electrons. The Morgan fingerprint density at radius 2 is 2.22 bits per heavy atom. The molecule has 138 valence electrons. The molecule has 7 nitrogen and oxygen atoms in total. The zero-order valence-corrected chi connectivity index (χ0v) is 16.2. The predicted octanol–water partition coefficient (Wildman–Crippen LogP) is 3.62. The van der Waals surface area contributed by atoms with Crippen LogP contribution in [0.3, 0.4) is 0 Å². The molecule has 1 aromatic carbocycles. The zero-order chi connectivity index (χ0) is 19.1. The Labute approximate surface area is 160 Å². The topological polar surface area (TPSA) is 95.1 Å². The molecule has 2 aromatic heterocycles. The highest BCUT2D eigenvalue weighted by atomic mass is 32.1. The maximum Gasteiger partial charge on any atom is 0.231 e. The van der Waals surface area contributed by atoms with E-state index in [4.69, 9.17) is 9.78 Å². The largest absolute Gasteiger partial charge is 0.361 e. The maximum absolute atomic E-state index is 12.5. The van der Waals surface area contributed by atoms with Gasteiger partial charge < -0.3 is 14.7 Å². The van der Waals surface area contributed by atoms with Crippen molar-refractivity contribution in [2.45, 2.75) is 27.2 Å². The number of amides is 1. The van der Waals surface area contributed by atoms with Crippen molar-refractivity contribution in [3.63, 3.8) is 0 Å². The number of nitrogens with zero attached hydrogens (tertiary/aromatic N) is 4. The fourth-order valence-electron chi connectivity index (χ4n) is 3.59. The number of nitriles is 1. The molecule has 1 saturated heterocycles. The van der Waals surface area contributed by atoms with Gasteiger partial charge in [0.25, 0.3) is 0 Å². The molecule has 0 unspecified atom stereocenters. The summed E-state index contributed by atoms with van der Waals surface area (Å²) >= 11 is 1.47. The van der Waals surface area contributed by atoms with Gasteiger partial charge in [0, 0.05) is 18.7 Å². The van der Waals surface area contributed by atoms with Crippen LogP contribution < -0.4 is 5.32 Å². The lowest BCUT2D eigenvalue weighted by molar-refractivity contribution is -0.119. The van der Waals surface area contributed by atoms with Gasteiger partial charge in [0.1, 0.15) is 5.76 Å². The molecule has 1 aliphatic heterocycles. The van der Waals surface area contributed by atoms with Crippen molar-refractivity contribution in [2.75, 3.05) is 18.4 Å². The summed E-state index contributed by atoms with van der Waals surface area (Å²) in [7, 11) is 0. The quantitative estimate of drug-likeness (QED) is 0.696. The molecule has 1 atom stereocenters. The third kappa shape index (κ3) is 3.04. The van der Waals surface area contributed by atoms with Crippen molar-refractivity contribution in [2.24, 2.45) is 5.92 Å². The molecule has 8 heteroatoms. The van der Waals surface area contributed by atoms with Crippen LogP contribution >= 0.6 is 11.3 Å². The van der Waals surface area contributed by atoms with E-state index in [1.807, 2.05) is 26.0 Å². The van der Waals surface area contributed by atoms with Crippen LogP contribution in [0.15, 0.2) is 16.7 Å². The Bertz CT molecular complexity index is 1060. The first-order valence-electron chi connectivity index (χ1n) is 8.77. The molecule has 27 heavy (non-hydrogen) atoms. The van der Waals surface area contributed by atoms with Crippen LogP contribution in [0.4, 0.5) is 5.13 Å². The van der Waals surface area contributed by atoms with Gasteiger partial charge in [0.15, 0.2) is 11.3 Å². The molecule has 0 bridgehead atoms. The van der Waals surface area contributed by atoms with Gasteiger partial charge in [0.05, 0.1) is 21.8 Å². The molecule has 1 aliphatic rings. The minimum atomic E-state index is -0.171. The van der Waals surface area contributed by atoms with Gasteiger partial charge in [-0.25, -0.2) is 4.98 Å². The SMILES string of the molecule is Cc1noc(C)c1-c1ccc2nc(NC(=O)[C@H]3CCN(C#N)C3)sc2c1C. The Balaban J connectivity index is 1.63. The van der Waals surface area contributed by atoms with Crippen LogP contribution in [-0.2, 0) is 4.79 Å². The first kappa shape index (κ1) is 17.5. The number of benzene rings is 1. The summed E-state index contributed by atoms with van der Waals surface area (Å²) in [6.07, 6.45) is 2.79. The summed E-state index contributed by atoms with van der Waals surface area (Å²) in [6.45, 7) is 7.00. The number of hydrogen-bond donors (Lipinski definition) is 1. The lowest BCUT2D eigenvalue weighted by Crippen LogP contribution is -2.25. The van der Waals surface area contributed by atoms with Crippen molar-refractivity contribution >= 4 is 32.6 Å². The van der Waals surface area contributed by atoms with Gasteiger partial charge in [-0.05, 0) is 44.4 Å². The van der Waals surface area contributed by atoms with E-state index in [9.17, 15) is 4.79 Å². The second-order valence-electron chi connectivity index (χ2n) is 6.83. The minimum absolute atomic E-state index is 0.0737. The Morgan fingerprint density at radius 3 is 2.89 bits per heavy atom. The summed E-state index contributed by atoms with van der Waals surface area (Å²) in [6, 6.07) is 3.99. The van der Waals surface area contributed by atoms with E-state index in [0.29, 0.717) is 24.6 Å². The lowest BCUT2D eigenvalue weighted by Gasteiger charge is -2.08. The van der Waals surface area contributed by atoms with Gasteiger partial charge in [-0.15, -0.1) is 0 Å². The van der Waals surface area contributed by atoms with Crippen molar-refractivity contribution in [1.82, 2.24) is 15.0 Å². The second-order valence-corrected chi connectivity index (χ2v) is 7.82. The number of aryl methyl sites for hydroxylation is 3. The second kappa shape index (κ2) is 6.67. The molecule has 0 saturated carbocycles. The molecule has 0 spiro atoms. The summed E-state index contributed by atoms with van der Waals surface area (Å²) in [5.41, 5.74) is 4.89. The lowest BCUT2D eigenvalue weighted by atomic mass is 9.99. The Kier molecular flexibility index (Phi) is 4.32. The van der Waals surface area contributed by atoms with E-state index in [1.54, 1.807) is 4.90 Å². The van der Waals surface area contributed by atoms with Gasteiger partial charge in [0.2, 0.25) is 5.91 Å². The Morgan fingerprint density at radius 1 is 1.41 bits per heavy atom. The average Bonchev–Trinajstić information content (AvgIpc) is 3.35. The van der Waals surface area contributed by atoms with Gasteiger partial charge in [-0.3, -0.25) is 4.79 Å². The molecular weight excluding hydrogens is 362 g/mol. The minimum Gasteiger partial charge on any atom is -0.361 e. The summed E-state index contributed by atoms with van der Waals surface area (Å²) in [4.78, 5) is 18.7. The van der Waals surface area contributed by atoms with Crippen LogP contribution in [0.2, 0.25) is 0 Å². The Hall–Kier alpha value is -2.92. The van der Waals surface area contributed by atoms with E-state index < -0.39 is 0 Å². The number of rotatable bonds is 3. The van der Waals surface area contributed by atoms with Gasteiger partial charge in [-0.1, -0.05) is 22.6 Å². The molecule has 4 rings (SSSR count). The van der Waals surface area contributed by atoms with Crippen molar-refractivity contribution in [1.29, 1.82) is 5.26 Å². The number of nitrogens with one attached hydrogen (secondary N) is 1. The zero-order valence-electron chi connectivity index (χ0n) is 15.4. The van der Waals surface area contributed by atoms with Crippen LogP contribution in [0, 0.1) is 38.1 Å². The van der Waals surface area contributed by atoms with E-state index in [2.05, 4.69) is 28.6 Å². The normalized spacial score (nSPS) is 16.7. The molecule has 3 aromatic rings. The number of fused-ring (bicyclic) bond motifs is 1. The van der Waals surface area contributed by atoms with Crippen LogP contribution in [0.1, 0.15) is 23.4 Å². The van der Waals surface area contributed by atoms with E-state index >= 15 is 0 Å². The highest BCUT2D eigenvalue weighted by Gasteiger charge is 2.28.